The van der Waals surface area contributed by atoms with E-state index in [1.165, 1.54) is 18.2 Å². The van der Waals surface area contributed by atoms with Gasteiger partial charge in [-0.05, 0) is 18.9 Å². The number of carbonyl (C=O) groups is 1. The molecule has 2 aromatic carbocycles. The number of ether oxygens (including phenoxy) is 1. The summed E-state index contributed by atoms with van der Waals surface area (Å²) in [4.78, 5) is 24.2. The van der Waals surface area contributed by atoms with Crippen molar-refractivity contribution in [2.24, 2.45) is 5.92 Å². The molecule has 0 spiro atoms. The Morgan fingerprint density at radius 2 is 1.67 bits per heavy atom. The van der Waals surface area contributed by atoms with Crippen molar-refractivity contribution >= 4 is 17.8 Å². The Bertz CT molecular complexity index is 1120. The Morgan fingerprint density at radius 3 is 2.33 bits per heavy atom. The Hall–Kier alpha value is -3.89. The summed E-state index contributed by atoms with van der Waals surface area (Å²) in [5.41, 5.74) is 6.81. The van der Waals surface area contributed by atoms with Crippen molar-refractivity contribution in [1.82, 2.24) is 20.3 Å². The Labute approximate surface area is 207 Å². The predicted molar refractivity (Wildman–Crippen MR) is 131 cm³/mol. The van der Waals surface area contributed by atoms with Crippen molar-refractivity contribution in [3.63, 3.8) is 0 Å². The molecular formula is C25H29F3N6O2. The molecule has 1 aliphatic carbocycles. The summed E-state index contributed by atoms with van der Waals surface area (Å²) < 4.78 is 40.9. The lowest BCUT2D eigenvalue weighted by Gasteiger charge is -2.21. The van der Waals surface area contributed by atoms with Gasteiger partial charge in [0.25, 0.3) is 0 Å². The fourth-order valence-corrected chi connectivity index (χ4v) is 3.79. The zero-order chi connectivity index (χ0) is 26.0. The number of alkyl halides is 3. The van der Waals surface area contributed by atoms with Crippen molar-refractivity contribution in [3.8, 4) is 17.1 Å². The number of aromatic nitrogens is 3. The number of amides is 1. The molecule has 1 saturated carbocycles. The van der Waals surface area contributed by atoms with Crippen molar-refractivity contribution in [2.75, 3.05) is 18.1 Å². The molecule has 4 N–H and O–H groups in total. The zero-order valence-electron chi connectivity index (χ0n) is 19.9. The number of halogens is 3. The molecule has 1 aromatic heterocycles. The second-order valence-corrected chi connectivity index (χ2v) is 8.17. The van der Waals surface area contributed by atoms with Crippen molar-refractivity contribution in [1.29, 1.82) is 0 Å². The van der Waals surface area contributed by atoms with Crippen LogP contribution in [0.3, 0.4) is 0 Å². The van der Waals surface area contributed by atoms with Crippen LogP contribution in [0.5, 0.6) is 5.75 Å². The minimum atomic E-state index is -4.73. The molecule has 0 radical (unpaired) electrons. The molecule has 36 heavy (non-hydrogen) atoms. The average Bonchev–Trinajstić information content (AvgIpc) is 2.88. The van der Waals surface area contributed by atoms with E-state index in [1.54, 1.807) is 13.1 Å². The minimum absolute atomic E-state index is 0.0190. The minimum Gasteiger partial charge on any atom is -0.405 e. The summed E-state index contributed by atoms with van der Waals surface area (Å²) >= 11 is 0. The highest BCUT2D eigenvalue weighted by Gasteiger charge is 2.32. The molecule has 0 saturated heterocycles. The maximum atomic E-state index is 12.3. The maximum absolute atomic E-state index is 12.3. The highest BCUT2D eigenvalue weighted by Crippen LogP contribution is 2.27. The van der Waals surface area contributed by atoms with Crippen molar-refractivity contribution in [2.45, 2.75) is 45.0 Å². The number of carbonyl (C=O) groups excluding carboxylic acids is 1. The van der Waals surface area contributed by atoms with E-state index in [1.807, 2.05) is 30.3 Å². The lowest BCUT2D eigenvalue weighted by molar-refractivity contribution is -0.274. The van der Waals surface area contributed by atoms with E-state index in [4.69, 9.17) is 5.73 Å². The summed E-state index contributed by atoms with van der Waals surface area (Å²) in [6, 6.07) is 15.5. The second-order valence-electron chi connectivity index (χ2n) is 8.17. The summed E-state index contributed by atoms with van der Waals surface area (Å²) in [7, 11) is 1.74. The number of nitrogens with two attached hydrogens (primary N) is 1. The number of nitrogens with one attached hydrogen (secondary N) is 2. The van der Waals surface area contributed by atoms with Crippen LogP contribution in [-0.2, 0) is 11.3 Å². The molecule has 11 heteroatoms. The monoisotopic (exact) mass is 502 g/mol. The molecule has 0 atom stereocenters. The Kier molecular flexibility index (Phi) is 9.43. The molecule has 3 aromatic rings. The third-order valence-electron chi connectivity index (χ3n) is 5.54. The summed E-state index contributed by atoms with van der Waals surface area (Å²) in [6.07, 6.45) is 0.187. The number of anilines is 2. The second kappa shape index (κ2) is 12.7. The van der Waals surface area contributed by atoms with Crippen molar-refractivity contribution in [3.05, 3.63) is 60.2 Å². The molecule has 8 nitrogen and oxygen atoms in total. The summed E-state index contributed by atoms with van der Waals surface area (Å²) in [5.74, 6) is 0.891. The zero-order valence-corrected chi connectivity index (χ0v) is 19.9. The molecule has 0 unspecified atom stereocenters. The normalized spacial score (nSPS) is 13.8. The van der Waals surface area contributed by atoms with Crippen LogP contribution >= 0.6 is 0 Å². The molecule has 1 aliphatic rings. The van der Waals surface area contributed by atoms with Crippen LogP contribution in [0.4, 0.5) is 25.1 Å². The smallest absolute Gasteiger partial charge is 0.405 e. The number of benzene rings is 2. The largest absolute Gasteiger partial charge is 0.573 e. The molecule has 1 fully saturated rings. The maximum Gasteiger partial charge on any atom is 0.573 e. The molecular weight excluding hydrogens is 473 g/mol. The van der Waals surface area contributed by atoms with Gasteiger partial charge in [-0.1, -0.05) is 67.8 Å². The average molecular weight is 503 g/mol. The van der Waals surface area contributed by atoms with Gasteiger partial charge in [-0.3, -0.25) is 4.79 Å². The highest BCUT2D eigenvalue weighted by molar-refractivity contribution is 5.78. The quantitative estimate of drug-likeness (QED) is 0.437. The van der Waals surface area contributed by atoms with E-state index < -0.39 is 6.36 Å². The van der Waals surface area contributed by atoms with Crippen LogP contribution in [0.1, 0.15) is 37.7 Å². The number of nitrogen functional groups attached to an aromatic ring is 1. The summed E-state index contributed by atoms with van der Waals surface area (Å²) in [5, 5.41) is 5.54. The molecule has 192 valence electrons. The number of rotatable bonds is 6. The van der Waals surface area contributed by atoms with Crippen LogP contribution < -0.4 is 21.1 Å². The van der Waals surface area contributed by atoms with Gasteiger partial charge in [0.1, 0.15) is 5.75 Å². The number of nitrogens with zero attached hydrogens (tertiary/aromatic N) is 3. The SMILES string of the molecule is CNc1nc(N)nc(-c2ccccc2)n1.O=C(NCc1ccccc1OC(F)(F)F)C1CCCCC1. The van der Waals surface area contributed by atoms with Gasteiger partial charge >= 0.3 is 6.36 Å². The molecule has 1 amide bonds. The number of hydrogen-bond donors (Lipinski definition) is 3. The van der Waals surface area contributed by atoms with Gasteiger partial charge in [0.2, 0.25) is 17.8 Å². The first-order chi connectivity index (χ1) is 17.2. The van der Waals surface area contributed by atoms with E-state index in [9.17, 15) is 18.0 Å². The van der Waals surface area contributed by atoms with Gasteiger partial charge in [0, 0.05) is 30.6 Å². The molecule has 0 bridgehead atoms. The first-order valence-corrected chi connectivity index (χ1v) is 11.6. The molecule has 1 heterocycles. The van der Waals surface area contributed by atoms with E-state index >= 15 is 0 Å². The Morgan fingerprint density at radius 1 is 1.00 bits per heavy atom. The third-order valence-corrected chi connectivity index (χ3v) is 5.54. The van der Waals surface area contributed by atoms with E-state index in [2.05, 4.69) is 30.3 Å². The van der Waals surface area contributed by atoms with Gasteiger partial charge in [-0.25, -0.2) is 0 Å². The van der Waals surface area contributed by atoms with Crippen LogP contribution in [-0.4, -0.2) is 34.3 Å². The first-order valence-electron chi connectivity index (χ1n) is 11.6. The molecule has 0 aliphatic heterocycles. The third kappa shape index (κ3) is 8.40. The van der Waals surface area contributed by atoms with Gasteiger partial charge in [0.05, 0.1) is 0 Å². The van der Waals surface area contributed by atoms with E-state index in [0.29, 0.717) is 17.3 Å². The van der Waals surface area contributed by atoms with Crippen LogP contribution in [0.15, 0.2) is 54.6 Å². The highest BCUT2D eigenvalue weighted by atomic mass is 19.4. The van der Waals surface area contributed by atoms with Gasteiger partial charge in [-0.2, -0.15) is 15.0 Å². The van der Waals surface area contributed by atoms with Crippen LogP contribution in [0, 0.1) is 5.92 Å². The Balaban J connectivity index is 0.000000212. The standard InChI is InChI=1S/C15H18F3NO2.C10H11N5/c16-15(17,18)21-13-9-5-4-8-12(13)10-19-14(20)11-6-2-1-3-7-11;1-12-10-14-8(13-9(11)15-10)7-5-3-2-4-6-7/h4-5,8-9,11H,1-3,6-7,10H2,(H,19,20);2-6H,1H3,(H3,11,12,13,14,15). The lowest BCUT2D eigenvalue weighted by Crippen LogP contribution is -2.31. The van der Waals surface area contributed by atoms with Crippen LogP contribution in [0.25, 0.3) is 11.4 Å². The fraction of sp³-hybridized carbons (Fsp3) is 0.360. The number of para-hydroxylation sites is 1. The topological polar surface area (TPSA) is 115 Å². The van der Waals surface area contributed by atoms with Gasteiger partial charge in [0.15, 0.2) is 5.82 Å². The van der Waals surface area contributed by atoms with Crippen molar-refractivity contribution < 1.29 is 22.7 Å². The van der Waals surface area contributed by atoms with E-state index in [-0.39, 0.29) is 30.1 Å². The lowest BCUT2D eigenvalue weighted by atomic mass is 9.88. The fourth-order valence-electron chi connectivity index (χ4n) is 3.79. The number of hydrogen-bond acceptors (Lipinski definition) is 7. The van der Waals surface area contributed by atoms with Gasteiger partial charge in [-0.15, -0.1) is 13.2 Å². The molecule has 4 rings (SSSR count). The van der Waals surface area contributed by atoms with Crippen LogP contribution in [0.2, 0.25) is 0 Å². The predicted octanol–water partition coefficient (Wildman–Crippen LogP) is 4.94. The van der Waals surface area contributed by atoms with Gasteiger partial charge < -0.3 is 21.1 Å². The van der Waals surface area contributed by atoms with E-state index in [0.717, 1.165) is 37.7 Å². The first kappa shape index (κ1) is 26.7. The summed E-state index contributed by atoms with van der Waals surface area (Å²) in [6.45, 7) is 0.0432.